The van der Waals surface area contributed by atoms with Crippen molar-refractivity contribution in [1.29, 1.82) is 0 Å². The van der Waals surface area contributed by atoms with Crippen molar-refractivity contribution in [3.8, 4) is 0 Å². The van der Waals surface area contributed by atoms with Gasteiger partial charge in [0.1, 0.15) is 11.5 Å². The van der Waals surface area contributed by atoms with Crippen molar-refractivity contribution in [2.24, 2.45) is 0 Å². The van der Waals surface area contributed by atoms with Gasteiger partial charge < -0.3 is 10.2 Å². The molecule has 7 heteroatoms. The molecule has 0 saturated carbocycles. The smallest absolute Gasteiger partial charge is 0.282 e. The Kier molecular flexibility index (Phi) is 5.72. The monoisotopic (exact) mass is 449 g/mol. The molecule has 0 bridgehead atoms. The maximum absolute atomic E-state index is 13.5. The minimum absolute atomic E-state index is 0.109. The third-order valence-electron chi connectivity index (χ3n) is 5.28. The summed E-state index contributed by atoms with van der Waals surface area (Å²) in [6, 6.07) is 17.9. The summed E-state index contributed by atoms with van der Waals surface area (Å²) in [4.78, 5) is 29.9. The molecule has 0 unspecified atom stereocenters. The van der Waals surface area contributed by atoms with Gasteiger partial charge in [0.2, 0.25) is 0 Å². The zero-order valence-electron chi connectivity index (χ0n) is 17.8. The van der Waals surface area contributed by atoms with Crippen LogP contribution in [0, 0.1) is 12.7 Å². The number of nitrogens with zero attached hydrogens (tertiary/aromatic N) is 2. The summed E-state index contributed by atoms with van der Waals surface area (Å²) in [6.45, 7) is 1.87. The van der Waals surface area contributed by atoms with E-state index >= 15 is 0 Å². The number of halogens is 2. The van der Waals surface area contributed by atoms with Crippen molar-refractivity contribution in [1.82, 2.24) is 0 Å². The van der Waals surface area contributed by atoms with Gasteiger partial charge in [0.15, 0.2) is 0 Å². The van der Waals surface area contributed by atoms with Gasteiger partial charge in [-0.05, 0) is 66.6 Å². The maximum Gasteiger partial charge on any atom is 0.282 e. The van der Waals surface area contributed by atoms with E-state index in [2.05, 4.69) is 5.32 Å². The Morgan fingerprint density at radius 1 is 0.906 bits per heavy atom. The lowest BCUT2D eigenvalue weighted by Crippen LogP contribution is -2.32. The minimum atomic E-state index is -0.497. The number of nitrogens with one attached hydrogen (secondary N) is 1. The van der Waals surface area contributed by atoms with Gasteiger partial charge in [-0.1, -0.05) is 29.8 Å². The topological polar surface area (TPSA) is 52.7 Å². The summed E-state index contributed by atoms with van der Waals surface area (Å²) in [5.74, 6) is -1.41. The largest absolute Gasteiger partial charge is 0.378 e. The molecule has 0 fully saturated rings. The van der Waals surface area contributed by atoms with E-state index in [1.807, 2.05) is 44.1 Å². The highest BCUT2D eigenvalue weighted by molar-refractivity contribution is 6.46. The molecule has 4 rings (SSSR count). The second-order valence-electron chi connectivity index (χ2n) is 7.70. The van der Waals surface area contributed by atoms with E-state index in [4.69, 9.17) is 11.6 Å². The second kappa shape index (κ2) is 8.48. The number of benzene rings is 3. The number of aryl methyl sites for hydroxylation is 1. The molecular formula is C25H21ClFN3O2. The number of amides is 2. The fraction of sp³-hybridized carbons (Fsp3) is 0.120. The van der Waals surface area contributed by atoms with Crippen LogP contribution in [-0.2, 0) is 9.59 Å². The predicted octanol–water partition coefficient (Wildman–Crippen LogP) is 5.25. The van der Waals surface area contributed by atoms with Crippen molar-refractivity contribution in [2.75, 3.05) is 29.2 Å². The van der Waals surface area contributed by atoms with Crippen LogP contribution in [0.1, 0.15) is 11.1 Å². The molecule has 162 valence electrons. The van der Waals surface area contributed by atoms with E-state index in [0.29, 0.717) is 22.0 Å². The molecule has 3 aromatic carbocycles. The van der Waals surface area contributed by atoms with E-state index in [0.717, 1.165) is 16.2 Å². The highest BCUT2D eigenvalue weighted by atomic mass is 35.5. The Balaban J connectivity index is 1.79. The first-order chi connectivity index (χ1) is 15.3. The average Bonchev–Trinajstić information content (AvgIpc) is 3.01. The van der Waals surface area contributed by atoms with Gasteiger partial charge in [-0.25, -0.2) is 9.29 Å². The highest BCUT2D eigenvalue weighted by Gasteiger charge is 2.40. The molecule has 1 aliphatic rings. The third kappa shape index (κ3) is 3.97. The Hall–Kier alpha value is -3.64. The summed E-state index contributed by atoms with van der Waals surface area (Å²) < 4.78 is 13.5. The summed E-state index contributed by atoms with van der Waals surface area (Å²) in [5, 5.41) is 3.60. The zero-order chi connectivity index (χ0) is 23.0. The van der Waals surface area contributed by atoms with Crippen molar-refractivity contribution in [3.05, 3.63) is 94.4 Å². The summed E-state index contributed by atoms with van der Waals surface area (Å²) in [6.07, 6.45) is 0. The molecule has 0 saturated heterocycles. The molecule has 2 amide bonds. The molecule has 1 N–H and O–H groups in total. The van der Waals surface area contributed by atoms with E-state index in [9.17, 15) is 14.0 Å². The van der Waals surface area contributed by atoms with Gasteiger partial charge in [0.05, 0.1) is 11.3 Å². The maximum atomic E-state index is 13.5. The first-order valence-corrected chi connectivity index (χ1v) is 10.3. The number of rotatable bonds is 5. The van der Waals surface area contributed by atoms with Crippen LogP contribution in [0.25, 0.3) is 5.57 Å². The van der Waals surface area contributed by atoms with Gasteiger partial charge >= 0.3 is 0 Å². The molecule has 1 heterocycles. The quantitative estimate of drug-likeness (QED) is 0.540. The van der Waals surface area contributed by atoms with E-state index < -0.39 is 17.6 Å². The molecule has 3 aromatic rings. The minimum Gasteiger partial charge on any atom is -0.378 e. The Morgan fingerprint density at radius 3 is 2.16 bits per heavy atom. The number of hydrogen-bond acceptors (Lipinski definition) is 4. The first kappa shape index (κ1) is 21.6. The van der Waals surface area contributed by atoms with Gasteiger partial charge in [0.25, 0.3) is 11.8 Å². The van der Waals surface area contributed by atoms with Gasteiger partial charge in [0, 0.05) is 30.5 Å². The molecule has 1 aliphatic heterocycles. The number of anilines is 3. The fourth-order valence-corrected chi connectivity index (χ4v) is 3.66. The lowest BCUT2D eigenvalue weighted by molar-refractivity contribution is -0.120. The number of imide groups is 1. The van der Waals surface area contributed by atoms with E-state index in [1.165, 1.54) is 24.3 Å². The molecule has 5 nitrogen and oxygen atoms in total. The Labute approximate surface area is 190 Å². The van der Waals surface area contributed by atoms with Crippen molar-refractivity contribution >= 4 is 46.1 Å². The van der Waals surface area contributed by atoms with Crippen molar-refractivity contribution in [2.45, 2.75) is 6.92 Å². The lowest BCUT2D eigenvalue weighted by Gasteiger charge is -2.18. The van der Waals surface area contributed by atoms with Gasteiger partial charge in [-0.3, -0.25) is 9.59 Å². The zero-order valence-corrected chi connectivity index (χ0v) is 18.6. The Bertz CT molecular complexity index is 1240. The van der Waals surface area contributed by atoms with Crippen LogP contribution < -0.4 is 15.1 Å². The highest BCUT2D eigenvalue weighted by Crippen LogP contribution is 2.35. The van der Waals surface area contributed by atoms with E-state index in [-0.39, 0.29) is 11.3 Å². The molecule has 0 spiro atoms. The SMILES string of the molecule is Cc1ccc(NC2=C(c3ccc(F)cc3)C(=O)N(c3ccc(N(C)C)cc3)C2=O)cc1Cl. The van der Waals surface area contributed by atoms with Crippen molar-refractivity contribution < 1.29 is 14.0 Å². The fourth-order valence-electron chi connectivity index (χ4n) is 3.48. The van der Waals surface area contributed by atoms with Crippen LogP contribution in [0.3, 0.4) is 0 Å². The normalized spacial score (nSPS) is 13.7. The second-order valence-corrected chi connectivity index (χ2v) is 8.11. The average molecular weight is 450 g/mol. The number of carbonyl (C=O) groups excluding carboxylic acids is 2. The van der Waals surface area contributed by atoms with Crippen LogP contribution in [0.2, 0.25) is 5.02 Å². The van der Waals surface area contributed by atoms with Crippen LogP contribution in [-0.4, -0.2) is 25.9 Å². The summed E-state index contributed by atoms with van der Waals surface area (Å²) in [7, 11) is 3.81. The summed E-state index contributed by atoms with van der Waals surface area (Å²) in [5.41, 5.74) is 3.57. The number of carbonyl (C=O) groups is 2. The third-order valence-corrected chi connectivity index (χ3v) is 5.69. The summed E-state index contributed by atoms with van der Waals surface area (Å²) >= 11 is 6.24. The van der Waals surface area contributed by atoms with E-state index in [1.54, 1.807) is 24.3 Å². The van der Waals surface area contributed by atoms with Crippen LogP contribution in [0.5, 0.6) is 0 Å². The molecular weight excluding hydrogens is 429 g/mol. The number of hydrogen-bond donors (Lipinski definition) is 1. The van der Waals surface area contributed by atoms with Gasteiger partial charge in [-0.2, -0.15) is 0 Å². The molecule has 0 aromatic heterocycles. The molecule has 0 aliphatic carbocycles. The predicted molar refractivity (Wildman–Crippen MR) is 126 cm³/mol. The standard InChI is InChI=1S/C25H21ClFN3O2/c1-15-4-9-18(14-21(15)26)28-23-22(16-5-7-17(27)8-6-16)24(31)30(25(23)32)20-12-10-19(11-13-20)29(2)3/h4-14,28H,1-3H3. The van der Waals surface area contributed by atoms with Crippen LogP contribution in [0.4, 0.5) is 21.5 Å². The molecule has 0 atom stereocenters. The van der Waals surface area contributed by atoms with Crippen LogP contribution in [0.15, 0.2) is 72.4 Å². The molecule has 0 radical (unpaired) electrons. The lowest BCUT2D eigenvalue weighted by atomic mass is 10.0. The first-order valence-electron chi connectivity index (χ1n) is 9.96. The van der Waals surface area contributed by atoms with Crippen LogP contribution >= 0.6 is 11.6 Å². The van der Waals surface area contributed by atoms with Gasteiger partial charge in [-0.15, -0.1) is 0 Å². The molecule has 32 heavy (non-hydrogen) atoms. The Morgan fingerprint density at radius 2 is 1.56 bits per heavy atom. The van der Waals surface area contributed by atoms with Crippen molar-refractivity contribution in [3.63, 3.8) is 0 Å².